The lowest BCUT2D eigenvalue weighted by molar-refractivity contribution is 0.0590. The molecule has 0 aliphatic carbocycles. The molecule has 3 rings (SSSR count). The number of carbonyl (C=O) groups is 1. The molecule has 0 radical (unpaired) electrons. The third-order valence-electron chi connectivity index (χ3n) is 3.15. The Balaban J connectivity index is 1.91. The summed E-state index contributed by atoms with van der Waals surface area (Å²) in [5.41, 5.74) is 1.90. The van der Waals surface area contributed by atoms with Crippen LogP contribution in [0.2, 0.25) is 0 Å². The number of aryl methyl sites for hydroxylation is 1. The van der Waals surface area contributed by atoms with Crippen LogP contribution in [-0.4, -0.2) is 31.6 Å². The predicted molar refractivity (Wildman–Crippen MR) is 67.9 cm³/mol. The van der Waals surface area contributed by atoms with Gasteiger partial charge in [0.25, 0.3) is 0 Å². The van der Waals surface area contributed by atoms with Gasteiger partial charge >= 0.3 is 0 Å². The van der Waals surface area contributed by atoms with Gasteiger partial charge in [-0.15, -0.1) is 0 Å². The Morgan fingerprint density at radius 2 is 2.28 bits per heavy atom. The molecule has 1 atom stereocenters. The van der Waals surface area contributed by atoms with E-state index in [0.717, 1.165) is 16.5 Å². The SMILES string of the molecule is Cc1ccc2oc(C(=O)C3COCCN3)cc2c1. The Labute approximate surface area is 105 Å². The fourth-order valence-corrected chi connectivity index (χ4v) is 2.19. The van der Waals surface area contributed by atoms with E-state index in [-0.39, 0.29) is 11.8 Å². The van der Waals surface area contributed by atoms with Crippen molar-refractivity contribution in [2.75, 3.05) is 19.8 Å². The predicted octanol–water partition coefficient (Wildman–Crippen LogP) is 1.91. The highest BCUT2D eigenvalue weighted by Gasteiger charge is 2.25. The molecule has 0 saturated carbocycles. The maximum Gasteiger partial charge on any atom is 0.217 e. The monoisotopic (exact) mass is 245 g/mol. The van der Waals surface area contributed by atoms with Crippen molar-refractivity contribution < 1.29 is 13.9 Å². The lowest BCUT2D eigenvalue weighted by Gasteiger charge is -2.21. The Hall–Kier alpha value is -1.65. The molecular formula is C14H15NO3. The van der Waals surface area contributed by atoms with Crippen molar-refractivity contribution in [2.45, 2.75) is 13.0 Å². The van der Waals surface area contributed by atoms with Gasteiger partial charge in [0.05, 0.1) is 19.3 Å². The number of rotatable bonds is 2. The summed E-state index contributed by atoms with van der Waals surface area (Å²) in [6, 6.07) is 7.40. The van der Waals surface area contributed by atoms with Gasteiger partial charge in [0.1, 0.15) is 5.58 Å². The lowest BCUT2D eigenvalue weighted by Crippen LogP contribution is -2.46. The first-order chi connectivity index (χ1) is 8.74. The van der Waals surface area contributed by atoms with Crippen LogP contribution in [0.15, 0.2) is 28.7 Å². The highest BCUT2D eigenvalue weighted by Crippen LogP contribution is 2.21. The molecule has 0 amide bonds. The average Bonchev–Trinajstić information content (AvgIpc) is 2.81. The molecule has 18 heavy (non-hydrogen) atoms. The number of morpholine rings is 1. The number of furan rings is 1. The lowest BCUT2D eigenvalue weighted by atomic mass is 10.1. The molecule has 1 aromatic carbocycles. The van der Waals surface area contributed by atoms with Gasteiger partial charge in [0.2, 0.25) is 5.78 Å². The van der Waals surface area contributed by atoms with Crippen LogP contribution in [0.1, 0.15) is 16.1 Å². The first-order valence-corrected chi connectivity index (χ1v) is 6.09. The van der Waals surface area contributed by atoms with E-state index in [1.807, 2.05) is 25.1 Å². The van der Waals surface area contributed by atoms with Crippen LogP contribution in [-0.2, 0) is 4.74 Å². The molecule has 2 heterocycles. The summed E-state index contributed by atoms with van der Waals surface area (Å²) >= 11 is 0. The number of hydrogen-bond acceptors (Lipinski definition) is 4. The van der Waals surface area contributed by atoms with Crippen molar-refractivity contribution in [3.05, 3.63) is 35.6 Å². The number of Topliss-reactive ketones (excluding diaryl/α,β-unsaturated/α-hetero) is 1. The molecule has 94 valence electrons. The second-order valence-corrected chi connectivity index (χ2v) is 4.60. The molecular weight excluding hydrogens is 230 g/mol. The van der Waals surface area contributed by atoms with Gasteiger partial charge in [0.15, 0.2) is 5.76 Å². The number of hydrogen-bond donors (Lipinski definition) is 1. The van der Waals surface area contributed by atoms with Crippen LogP contribution in [0.3, 0.4) is 0 Å². The molecule has 1 fully saturated rings. The maximum atomic E-state index is 12.2. The van der Waals surface area contributed by atoms with Gasteiger partial charge in [-0.1, -0.05) is 11.6 Å². The van der Waals surface area contributed by atoms with Crippen molar-refractivity contribution >= 4 is 16.8 Å². The number of ketones is 1. The van der Waals surface area contributed by atoms with E-state index in [9.17, 15) is 4.79 Å². The molecule has 1 N–H and O–H groups in total. The van der Waals surface area contributed by atoms with Crippen LogP contribution < -0.4 is 5.32 Å². The number of ether oxygens (including phenoxy) is 1. The van der Waals surface area contributed by atoms with Crippen molar-refractivity contribution in [3.63, 3.8) is 0 Å². The zero-order chi connectivity index (χ0) is 12.5. The quantitative estimate of drug-likeness (QED) is 0.821. The van der Waals surface area contributed by atoms with Crippen molar-refractivity contribution in [1.82, 2.24) is 5.32 Å². The molecule has 4 nitrogen and oxygen atoms in total. The minimum absolute atomic E-state index is 0.0384. The van der Waals surface area contributed by atoms with Gasteiger partial charge in [0, 0.05) is 11.9 Å². The van der Waals surface area contributed by atoms with E-state index in [1.54, 1.807) is 6.07 Å². The van der Waals surface area contributed by atoms with E-state index < -0.39 is 0 Å². The van der Waals surface area contributed by atoms with Crippen LogP contribution in [0.25, 0.3) is 11.0 Å². The zero-order valence-corrected chi connectivity index (χ0v) is 10.2. The molecule has 4 heteroatoms. The van der Waals surface area contributed by atoms with Crippen molar-refractivity contribution in [2.24, 2.45) is 0 Å². The van der Waals surface area contributed by atoms with Crippen LogP contribution in [0, 0.1) is 6.92 Å². The van der Waals surface area contributed by atoms with Gasteiger partial charge < -0.3 is 14.5 Å². The molecule has 1 unspecified atom stereocenters. The second-order valence-electron chi connectivity index (χ2n) is 4.60. The summed E-state index contributed by atoms with van der Waals surface area (Å²) in [6.07, 6.45) is 0. The maximum absolute atomic E-state index is 12.2. The normalized spacial score (nSPS) is 20.2. The van der Waals surface area contributed by atoms with E-state index in [4.69, 9.17) is 9.15 Å². The number of fused-ring (bicyclic) bond motifs is 1. The molecule has 0 spiro atoms. The Morgan fingerprint density at radius 3 is 3.06 bits per heavy atom. The Morgan fingerprint density at radius 1 is 1.39 bits per heavy atom. The van der Waals surface area contributed by atoms with Gasteiger partial charge in [-0.05, 0) is 25.1 Å². The van der Waals surface area contributed by atoms with Crippen molar-refractivity contribution in [3.8, 4) is 0 Å². The van der Waals surface area contributed by atoms with Gasteiger partial charge in [-0.2, -0.15) is 0 Å². The minimum atomic E-state index is -0.291. The molecule has 2 aromatic rings. The highest BCUT2D eigenvalue weighted by atomic mass is 16.5. The highest BCUT2D eigenvalue weighted by molar-refractivity contribution is 6.01. The fourth-order valence-electron chi connectivity index (χ4n) is 2.19. The second kappa shape index (κ2) is 4.55. The Kier molecular flexibility index (Phi) is 2.89. The molecule has 1 aromatic heterocycles. The van der Waals surface area contributed by atoms with E-state index >= 15 is 0 Å². The topological polar surface area (TPSA) is 51.5 Å². The summed E-state index contributed by atoms with van der Waals surface area (Å²) in [7, 11) is 0. The third kappa shape index (κ3) is 2.05. The van der Waals surface area contributed by atoms with Crippen LogP contribution >= 0.6 is 0 Å². The Bertz CT molecular complexity index is 582. The third-order valence-corrected chi connectivity index (χ3v) is 3.15. The molecule has 0 bridgehead atoms. The van der Waals surface area contributed by atoms with Crippen molar-refractivity contribution in [1.29, 1.82) is 0 Å². The summed E-state index contributed by atoms with van der Waals surface area (Å²) in [5.74, 6) is 0.363. The van der Waals surface area contributed by atoms with Crippen LogP contribution in [0.5, 0.6) is 0 Å². The number of carbonyl (C=O) groups excluding carboxylic acids is 1. The molecule has 1 saturated heterocycles. The first kappa shape index (κ1) is 11.4. The number of nitrogens with one attached hydrogen (secondary N) is 1. The van der Waals surface area contributed by atoms with Gasteiger partial charge in [-0.3, -0.25) is 4.79 Å². The average molecular weight is 245 g/mol. The summed E-state index contributed by atoms with van der Waals surface area (Å²) in [4.78, 5) is 12.2. The molecule has 1 aliphatic rings. The summed E-state index contributed by atoms with van der Waals surface area (Å²) in [6.45, 7) is 3.79. The summed E-state index contributed by atoms with van der Waals surface area (Å²) < 4.78 is 10.9. The standard InChI is InChI=1S/C14H15NO3/c1-9-2-3-12-10(6-9)7-13(18-12)14(16)11-8-17-5-4-15-11/h2-3,6-7,11,15H,4-5,8H2,1H3. The van der Waals surface area contributed by atoms with E-state index in [2.05, 4.69) is 5.32 Å². The number of benzene rings is 1. The van der Waals surface area contributed by atoms with Crippen LogP contribution in [0.4, 0.5) is 0 Å². The van der Waals surface area contributed by atoms with E-state index in [0.29, 0.717) is 25.5 Å². The minimum Gasteiger partial charge on any atom is -0.453 e. The van der Waals surface area contributed by atoms with Gasteiger partial charge in [-0.25, -0.2) is 0 Å². The zero-order valence-electron chi connectivity index (χ0n) is 10.2. The smallest absolute Gasteiger partial charge is 0.217 e. The fraction of sp³-hybridized carbons (Fsp3) is 0.357. The largest absolute Gasteiger partial charge is 0.453 e. The first-order valence-electron chi connectivity index (χ1n) is 6.09. The molecule has 1 aliphatic heterocycles. The summed E-state index contributed by atoms with van der Waals surface area (Å²) in [5, 5.41) is 4.11. The van der Waals surface area contributed by atoms with E-state index in [1.165, 1.54) is 0 Å².